The quantitative estimate of drug-likeness (QED) is 0.156. The normalized spacial score (nSPS) is 28.3. The van der Waals surface area contributed by atoms with Crippen LogP contribution in [-0.4, -0.2) is 59.1 Å². The molecule has 0 aromatic heterocycles. The van der Waals surface area contributed by atoms with Gasteiger partial charge in [0.15, 0.2) is 34.3 Å². The van der Waals surface area contributed by atoms with Gasteiger partial charge in [-0.15, -0.1) is 0 Å². The van der Waals surface area contributed by atoms with Crippen LogP contribution in [0.25, 0.3) is 0 Å². The Morgan fingerprint density at radius 1 is 0.980 bits per heavy atom. The molecule has 0 amide bonds. The molecule has 8 atom stereocenters. The van der Waals surface area contributed by atoms with Crippen molar-refractivity contribution in [2.75, 3.05) is 0 Å². The van der Waals surface area contributed by atoms with E-state index in [1.165, 1.54) is 12.1 Å². The van der Waals surface area contributed by atoms with E-state index in [2.05, 4.69) is 92.9 Å². The Morgan fingerprint density at radius 2 is 1.62 bits per heavy atom. The summed E-state index contributed by atoms with van der Waals surface area (Å²) < 4.78 is 46.3. The monoisotopic (exact) mass is 730 g/mol. The lowest BCUT2D eigenvalue weighted by atomic mass is 9.66. The largest absolute Gasteiger partial charge is 0.476 e. The number of carbonyl (C=O) groups is 2. The van der Waals surface area contributed by atoms with Gasteiger partial charge < -0.3 is 23.1 Å². The van der Waals surface area contributed by atoms with Crippen molar-refractivity contribution in [2.45, 2.75) is 161 Å². The minimum Gasteiger partial charge on any atom is -0.476 e. The molecule has 50 heavy (non-hydrogen) atoms. The molecule has 1 fully saturated rings. The highest BCUT2D eigenvalue weighted by molar-refractivity contribution is 6.74. The molecule has 1 heterocycles. The van der Waals surface area contributed by atoms with Gasteiger partial charge in [0.1, 0.15) is 12.2 Å². The van der Waals surface area contributed by atoms with Gasteiger partial charge in [-0.2, -0.15) is 0 Å². The van der Waals surface area contributed by atoms with Crippen LogP contribution in [0.2, 0.25) is 36.3 Å². The first-order valence-electron chi connectivity index (χ1n) is 18.7. The van der Waals surface area contributed by atoms with Crippen molar-refractivity contribution in [2.24, 2.45) is 17.8 Å². The number of hydrogen-bond acceptors (Lipinski definition) is 7. The molecule has 1 aromatic rings. The molecule has 3 aliphatic rings. The summed E-state index contributed by atoms with van der Waals surface area (Å²) in [7, 11) is -4.20. The highest BCUT2D eigenvalue weighted by Crippen LogP contribution is 2.47. The van der Waals surface area contributed by atoms with Gasteiger partial charge in [-0.1, -0.05) is 85.8 Å². The topological polar surface area (TPSA) is 80.3 Å². The first-order valence-corrected chi connectivity index (χ1v) is 24.5. The van der Waals surface area contributed by atoms with Crippen molar-refractivity contribution < 1.29 is 37.0 Å². The predicted octanol–water partition coefficient (Wildman–Crippen LogP) is 9.93. The second-order valence-electron chi connectivity index (χ2n) is 17.8. The van der Waals surface area contributed by atoms with E-state index >= 15 is 0 Å². The lowest BCUT2D eigenvalue weighted by Crippen LogP contribution is -2.49. The van der Waals surface area contributed by atoms with Gasteiger partial charge in [0, 0.05) is 18.8 Å². The number of allylic oxidation sites excluding steroid dienone is 2. The number of cyclic esters (lactones) is 1. The third kappa shape index (κ3) is 9.78. The molecule has 0 spiro atoms. The molecule has 4 rings (SSSR count). The number of ether oxygens (including phenoxy) is 3. The van der Waals surface area contributed by atoms with Gasteiger partial charge in [-0.05, 0) is 85.1 Å². The number of hydrogen-bond donors (Lipinski definition) is 0. The van der Waals surface area contributed by atoms with Gasteiger partial charge in [0.2, 0.25) is 0 Å². The molecule has 7 nitrogen and oxygen atoms in total. The zero-order valence-corrected chi connectivity index (χ0v) is 34.6. The maximum absolute atomic E-state index is 14.5. The van der Waals surface area contributed by atoms with Crippen molar-refractivity contribution in [3.63, 3.8) is 0 Å². The first kappa shape index (κ1) is 40.5. The maximum atomic E-state index is 14.5. The molecule has 0 saturated carbocycles. The van der Waals surface area contributed by atoms with Crippen LogP contribution in [0.4, 0.5) is 4.39 Å². The molecule has 0 N–H and O–H groups in total. The summed E-state index contributed by atoms with van der Waals surface area (Å²) >= 11 is 0. The molecule has 1 saturated heterocycles. The summed E-state index contributed by atoms with van der Waals surface area (Å²) in [6.45, 7) is 26.3. The molecular weight excluding hydrogens is 668 g/mol. The van der Waals surface area contributed by atoms with E-state index < -0.39 is 40.6 Å². The Bertz CT molecular complexity index is 1410. The fourth-order valence-corrected chi connectivity index (χ4v) is 9.55. The van der Waals surface area contributed by atoms with Crippen LogP contribution in [0.15, 0.2) is 48.1 Å². The zero-order chi connectivity index (χ0) is 37.2. The number of benzene rings is 1. The Hall–Kier alpha value is -2.28. The van der Waals surface area contributed by atoms with E-state index in [1.807, 2.05) is 6.92 Å². The van der Waals surface area contributed by atoms with E-state index in [4.69, 9.17) is 23.1 Å². The SMILES string of the molecule is CCC(Oc1ccccc1F)C(=O)O[C@H]1C[C@H](O[Si](C)(C)C(C)(C)C)C=C2C=C[C@H](C)[C@H](CC[C@@H]3C[C@@H](O[Si](C)(C)C(C)(C)C)CC(=O)O3)[C@H]21. The molecule has 280 valence electrons. The summed E-state index contributed by atoms with van der Waals surface area (Å²) in [6, 6.07) is 6.12. The van der Waals surface area contributed by atoms with Crippen molar-refractivity contribution in [3.05, 3.63) is 53.9 Å². The fourth-order valence-electron chi connectivity index (χ4n) is 6.91. The van der Waals surface area contributed by atoms with Crippen LogP contribution in [0.5, 0.6) is 5.75 Å². The number of carbonyl (C=O) groups excluding carboxylic acids is 2. The average molecular weight is 731 g/mol. The number of fused-ring (bicyclic) bond motifs is 1. The van der Waals surface area contributed by atoms with Gasteiger partial charge >= 0.3 is 11.9 Å². The maximum Gasteiger partial charge on any atom is 0.347 e. The van der Waals surface area contributed by atoms with Gasteiger partial charge in [-0.3, -0.25) is 4.79 Å². The van der Waals surface area contributed by atoms with E-state index in [-0.39, 0.29) is 57.9 Å². The standard InChI is InChI=1S/C40H63FO7Si2/c1-13-33(45-34-17-15-14-16-32(34)41)38(43)46-35-24-29(47-49(9,10)39(3,4)5)22-27-19-18-26(2)31(37(27)35)21-20-28-23-30(25-36(42)44-28)48-50(11,12)40(6,7)8/h14-19,22,26,28-31,33,35,37H,13,20-21,23-25H2,1-12H3/t26-,28+,29+,30+,31-,33?,35-,37-/m0/s1. The van der Waals surface area contributed by atoms with Crippen LogP contribution in [0.3, 0.4) is 0 Å². The minimum atomic E-state index is -2.15. The number of rotatable bonds is 12. The third-order valence-electron chi connectivity index (χ3n) is 11.9. The summed E-state index contributed by atoms with van der Waals surface area (Å²) in [5, 5.41) is 0.0611. The van der Waals surface area contributed by atoms with Gasteiger partial charge in [0.25, 0.3) is 0 Å². The minimum absolute atomic E-state index is 0.0124. The Balaban J connectivity index is 1.57. The summed E-state index contributed by atoms with van der Waals surface area (Å²) in [6.07, 6.45) is 8.01. The van der Waals surface area contributed by atoms with Crippen molar-refractivity contribution >= 4 is 28.6 Å². The molecule has 0 bridgehead atoms. The predicted molar refractivity (Wildman–Crippen MR) is 201 cm³/mol. The zero-order valence-electron chi connectivity index (χ0n) is 32.6. The fraction of sp³-hybridized carbons (Fsp3) is 0.700. The average Bonchev–Trinajstić information content (AvgIpc) is 2.98. The van der Waals surface area contributed by atoms with E-state index in [9.17, 15) is 14.0 Å². The van der Waals surface area contributed by atoms with Crippen molar-refractivity contribution in [1.29, 1.82) is 0 Å². The molecule has 0 radical (unpaired) electrons. The lowest BCUT2D eigenvalue weighted by Gasteiger charge is -2.46. The Labute approximate surface area is 303 Å². The molecular formula is C40H63FO7Si2. The smallest absolute Gasteiger partial charge is 0.347 e. The van der Waals surface area contributed by atoms with E-state index in [0.717, 1.165) is 12.0 Å². The number of halogens is 1. The summed E-state index contributed by atoms with van der Waals surface area (Å²) in [5.74, 6) is -0.890. The second-order valence-corrected chi connectivity index (χ2v) is 27.3. The highest BCUT2D eigenvalue weighted by Gasteiger charge is 2.47. The lowest BCUT2D eigenvalue weighted by molar-refractivity contribution is -0.164. The van der Waals surface area contributed by atoms with Crippen LogP contribution >= 0.6 is 0 Å². The molecule has 1 aromatic carbocycles. The van der Waals surface area contributed by atoms with Gasteiger partial charge in [0.05, 0.1) is 18.6 Å². The van der Waals surface area contributed by atoms with Crippen LogP contribution in [-0.2, 0) is 27.9 Å². The molecule has 10 heteroatoms. The van der Waals surface area contributed by atoms with Crippen molar-refractivity contribution in [3.8, 4) is 5.75 Å². The van der Waals surface area contributed by atoms with E-state index in [0.29, 0.717) is 32.1 Å². The second kappa shape index (κ2) is 15.8. The molecule has 2 aliphatic carbocycles. The summed E-state index contributed by atoms with van der Waals surface area (Å²) in [5.41, 5.74) is 1.11. The Morgan fingerprint density at radius 3 is 2.24 bits per heavy atom. The number of para-hydroxylation sites is 1. The third-order valence-corrected chi connectivity index (χ3v) is 21.0. The Kier molecular flexibility index (Phi) is 12.8. The highest BCUT2D eigenvalue weighted by atomic mass is 28.4. The van der Waals surface area contributed by atoms with Crippen LogP contribution in [0, 0.1) is 23.6 Å². The van der Waals surface area contributed by atoms with Crippen LogP contribution in [0.1, 0.15) is 93.9 Å². The van der Waals surface area contributed by atoms with E-state index in [1.54, 1.807) is 12.1 Å². The van der Waals surface area contributed by atoms with Crippen molar-refractivity contribution in [1.82, 2.24) is 0 Å². The number of esters is 2. The van der Waals surface area contributed by atoms with Gasteiger partial charge in [-0.25, -0.2) is 9.18 Å². The van der Waals surface area contributed by atoms with Crippen LogP contribution < -0.4 is 4.74 Å². The molecule has 1 aliphatic heterocycles. The first-order chi connectivity index (χ1) is 23.1. The molecule has 1 unspecified atom stereocenters. The summed E-state index contributed by atoms with van der Waals surface area (Å²) in [4.78, 5) is 26.6.